The number of benzene rings is 3. The molecule has 4 rings (SSSR count). The summed E-state index contributed by atoms with van der Waals surface area (Å²) in [5.74, 6) is -1.46. The van der Waals surface area contributed by atoms with Crippen molar-refractivity contribution in [1.82, 2.24) is 10.2 Å². The Hall–Kier alpha value is -3.65. The van der Waals surface area contributed by atoms with Gasteiger partial charge < -0.3 is 15.2 Å². The van der Waals surface area contributed by atoms with Gasteiger partial charge in [-0.2, -0.15) is 0 Å². The maximum atomic E-state index is 12.4. The molecule has 3 aromatic carbocycles. The molecule has 0 bridgehead atoms. The van der Waals surface area contributed by atoms with Crippen LogP contribution >= 0.6 is 15.9 Å². The SMILES string of the molecule is O=C(O)CN1C(=O)N/C(=C/c2cc(Br)ccc2OCc2ccc3ccccc3c2)C1=O. The third-order valence-corrected chi connectivity index (χ3v) is 5.23. The lowest BCUT2D eigenvalue weighted by atomic mass is 10.1. The summed E-state index contributed by atoms with van der Waals surface area (Å²) in [5, 5.41) is 13.6. The largest absolute Gasteiger partial charge is 0.488 e. The predicted molar refractivity (Wildman–Crippen MR) is 118 cm³/mol. The molecule has 1 fully saturated rings. The number of carbonyl (C=O) groups is 3. The van der Waals surface area contributed by atoms with Gasteiger partial charge in [0.1, 0.15) is 24.6 Å². The fraction of sp³-hybridized carbons (Fsp3) is 0.0870. The average Bonchev–Trinajstić information content (AvgIpc) is 3.00. The lowest BCUT2D eigenvalue weighted by Gasteiger charge is -2.11. The number of hydrogen-bond acceptors (Lipinski definition) is 4. The zero-order valence-electron chi connectivity index (χ0n) is 16.2. The van der Waals surface area contributed by atoms with Crippen LogP contribution in [0.2, 0.25) is 0 Å². The number of hydrogen-bond donors (Lipinski definition) is 2. The summed E-state index contributed by atoms with van der Waals surface area (Å²) in [6.07, 6.45) is 1.47. The van der Waals surface area contributed by atoms with Crippen LogP contribution < -0.4 is 10.1 Å². The molecule has 0 unspecified atom stereocenters. The number of halogens is 1. The summed E-state index contributed by atoms with van der Waals surface area (Å²) in [6.45, 7) is -0.389. The Kier molecular flexibility index (Phi) is 5.73. The zero-order valence-corrected chi connectivity index (χ0v) is 17.8. The molecule has 1 aliphatic heterocycles. The van der Waals surface area contributed by atoms with Crippen LogP contribution in [0.3, 0.4) is 0 Å². The van der Waals surface area contributed by atoms with Gasteiger partial charge in [0.05, 0.1) is 0 Å². The van der Waals surface area contributed by atoms with E-state index < -0.39 is 24.5 Å². The molecule has 7 nitrogen and oxygen atoms in total. The van der Waals surface area contributed by atoms with E-state index in [4.69, 9.17) is 9.84 Å². The molecule has 1 saturated heterocycles. The topological polar surface area (TPSA) is 95.9 Å². The number of imide groups is 1. The minimum absolute atomic E-state index is 0.0140. The van der Waals surface area contributed by atoms with E-state index in [1.54, 1.807) is 12.1 Å². The van der Waals surface area contributed by atoms with Crippen LogP contribution in [-0.2, 0) is 16.2 Å². The number of carboxylic acid groups (broad SMARTS) is 1. The molecule has 0 aromatic heterocycles. The monoisotopic (exact) mass is 480 g/mol. The van der Waals surface area contributed by atoms with Crippen molar-refractivity contribution < 1.29 is 24.2 Å². The van der Waals surface area contributed by atoms with Crippen molar-refractivity contribution in [3.05, 3.63) is 82.0 Å². The highest BCUT2D eigenvalue weighted by Gasteiger charge is 2.35. The van der Waals surface area contributed by atoms with Crippen molar-refractivity contribution in [3.63, 3.8) is 0 Å². The number of nitrogens with zero attached hydrogens (tertiary/aromatic N) is 1. The van der Waals surface area contributed by atoms with E-state index in [-0.39, 0.29) is 5.70 Å². The second-order valence-electron chi connectivity index (χ2n) is 6.93. The Bertz CT molecular complexity index is 1240. The van der Waals surface area contributed by atoms with Crippen LogP contribution in [0.4, 0.5) is 4.79 Å². The van der Waals surface area contributed by atoms with Gasteiger partial charge >= 0.3 is 12.0 Å². The lowest BCUT2D eigenvalue weighted by molar-refractivity contribution is -0.140. The molecule has 1 heterocycles. The highest BCUT2D eigenvalue weighted by molar-refractivity contribution is 9.10. The molecule has 31 heavy (non-hydrogen) atoms. The molecule has 0 saturated carbocycles. The Morgan fingerprint density at radius 2 is 1.84 bits per heavy atom. The number of carboxylic acids is 1. The van der Waals surface area contributed by atoms with Crippen LogP contribution in [0.15, 0.2) is 70.8 Å². The molecule has 3 amide bonds. The Labute approximate surface area is 186 Å². The van der Waals surface area contributed by atoms with Crippen LogP contribution in [-0.4, -0.2) is 34.5 Å². The second-order valence-corrected chi connectivity index (χ2v) is 7.84. The third kappa shape index (κ3) is 4.59. The fourth-order valence-electron chi connectivity index (χ4n) is 3.26. The van der Waals surface area contributed by atoms with Gasteiger partial charge in [0.15, 0.2) is 0 Å². The van der Waals surface area contributed by atoms with E-state index in [1.807, 2.05) is 42.5 Å². The van der Waals surface area contributed by atoms with Crippen molar-refractivity contribution in [3.8, 4) is 5.75 Å². The smallest absolute Gasteiger partial charge is 0.329 e. The molecular weight excluding hydrogens is 464 g/mol. The molecule has 8 heteroatoms. The molecule has 156 valence electrons. The highest BCUT2D eigenvalue weighted by Crippen LogP contribution is 2.28. The van der Waals surface area contributed by atoms with Crippen molar-refractivity contribution >= 4 is 50.7 Å². The van der Waals surface area contributed by atoms with Gasteiger partial charge in [0.2, 0.25) is 0 Å². The molecule has 0 spiro atoms. The number of amides is 3. The highest BCUT2D eigenvalue weighted by atomic mass is 79.9. The number of ether oxygens (including phenoxy) is 1. The summed E-state index contributed by atoms with van der Waals surface area (Å²) >= 11 is 3.40. The van der Waals surface area contributed by atoms with Crippen LogP contribution in [0.25, 0.3) is 16.8 Å². The fourth-order valence-corrected chi connectivity index (χ4v) is 3.64. The number of urea groups is 1. The first kappa shape index (κ1) is 20.6. The van der Waals surface area contributed by atoms with Crippen LogP contribution in [0.5, 0.6) is 5.75 Å². The number of aliphatic carboxylic acids is 1. The molecule has 0 aliphatic carbocycles. The molecule has 1 aliphatic rings. The number of nitrogens with one attached hydrogen (secondary N) is 1. The summed E-state index contributed by atoms with van der Waals surface area (Å²) in [5.41, 5.74) is 1.54. The maximum absolute atomic E-state index is 12.4. The third-order valence-electron chi connectivity index (χ3n) is 4.74. The number of rotatable bonds is 6. The van der Waals surface area contributed by atoms with Gasteiger partial charge in [-0.15, -0.1) is 0 Å². The summed E-state index contributed by atoms with van der Waals surface area (Å²) < 4.78 is 6.75. The van der Waals surface area contributed by atoms with Gasteiger partial charge in [-0.05, 0) is 46.7 Å². The minimum atomic E-state index is -1.27. The quantitative estimate of drug-likeness (QED) is 0.407. The first-order valence-electron chi connectivity index (χ1n) is 9.37. The Balaban J connectivity index is 1.57. The van der Waals surface area contributed by atoms with Crippen LogP contribution in [0, 0.1) is 0 Å². The van der Waals surface area contributed by atoms with Gasteiger partial charge in [0, 0.05) is 10.0 Å². The summed E-state index contributed by atoms with van der Waals surface area (Å²) in [6, 6.07) is 18.7. The molecule has 2 N–H and O–H groups in total. The maximum Gasteiger partial charge on any atom is 0.329 e. The predicted octanol–water partition coefficient (Wildman–Crippen LogP) is 4.16. The molecule has 0 atom stereocenters. The summed E-state index contributed by atoms with van der Waals surface area (Å²) in [7, 11) is 0. The van der Waals surface area contributed by atoms with Crippen molar-refractivity contribution in [2.45, 2.75) is 6.61 Å². The van der Waals surface area contributed by atoms with Crippen LogP contribution in [0.1, 0.15) is 11.1 Å². The van der Waals surface area contributed by atoms with E-state index in [9.17, 15) is 14.4 Å². The zero-order chi connectivity index (χ0) is 22.0. The van der Waals surface area contributed by atoms with Crippen molar-refractivity contribution in [1.29, 1.82) is 0 Å². The number of fused-ring (bicyclic) bond motifs is 1. The Morgan fingerprint density at radius 3 is 2.61 bits per heavy atom. The molecule has 3 aromatic rings. The van der Waals surface area contributed by atoms with E-state index in [2.05, 4.69) is 27.3 Å². The van der Waals surface area contributed by atoms with E-state index in [0.29, 0.717) is 22.8 Å². The van der Waals surface area contributed by atoms with Gasteiger partial charge in [-0.25, -0.2) is 9.69 Å². The lowest BCUT2D eigenvalue weighted by Crippen LogP contribution is -2.35. The average molecular weight is 481 g/mol. The number of carbonyl (C=O) groups excluding carboxylic acids is 2. The summed E-state index contributed by atoms with van der Waals surface area (Å²) in [4.78, 5) is 35.9. The van der Waals surface area contributed by atoms with E-state index >= 15 is 0 Å². The Morgan fingerprint density at radius 1 is 1.06 bits per heavy atom. The van der Waals surface area contributed by atoms with Crippen molar-refractivity contribution in [2.75, 3.05) is 6.54 Å². The van der Waals surface area contributed by atoms with Gasteiger partial charge in [-0.3, -0.25) is 9.59 Å². The first-order valence-corrected chi connectivity index (χ1v) is 10.2. The molecular formula is C23H17BrN2O5. The minimum Gasteiger partial charge on any atom is -0.488 e. The second kappa shape index (κ2) is 8.61. The van der Waals surface area contributed by atoms with Gasteiger partial charge in [0.25, 0.3) is 5.91 Å². The van der Waals surface area contributed by atoms with E-state index in [0.717, 1.165) is 20.8 Å². The van der Waals surface area contributed by atoms with Gasteiger partial charge in [-0.1, -0.05) is 52.3 Å². The molecule has 0 radical (unpaired) electrons. The van der Waals surface area contributed by atoms with Crippen molar-refractivity contribution in [2.24, 2.45) is 0 Å². The standard InChI is InChI=1S/C23H17BrN2O5/c24-18-7-8-20(31-13-14-5-6-15-3-1-2-4-16(15)9-14)17(10-18)11-19-22(29)26(12-21(27)28)23(30)25-19/h1-11H,12-13H2,(H,25,30)(H,27,28)/b19-11+. The van der Waals surface area contributed by atoms with E-state index in [1.165, 1.54) is 6.08 Å². The normalized spacial score (nSPS) is 14.9. The first-order chi connectivity index (χ1) is 14.9.